The topological polar surface area (TPSA) is 64.6 Å². The predicted molar refractivity (Wildman–Crippen MR) is 72.6 cm³/mol. The van der Waals surface area contributed by atoms with E-state index in [0.29, 0.717) is 12.1 Å². The zero-order valence-electron chi connectivity index (χ0n) is 12.5. The molecule has 1 aromatic carbocycles. The Hall–Kier alpha value is -2.25. The van der Waals surface area contributed by atoms with E-state index in [9.17, 15) is 22.8 Å². The van der Waals surface area contributed by atoms with E-state index in [2.05, 4.69) is 10.1 Å². The van der Waals surface area contributed by atoms with E-state index in [0.717, 1.165) is 13.2 Å². The third-order valence-electron chi connectivity index (χ3n) is 2.33. The number of hydrogen-bond donors (Lipinski definition) is 1. The lowest BCUT2D eigenvalue weighted by Gasteiger charge is -2.20. The van der Waals surface area contributed by atoms with Gasteiger partial charge in [0.1, 0.15) is 5.60 Å². The van der Waals surface area contributed by atoms with Gasteiger partial charge in [-0.05, 0) is 39.0 Å². The summed E-state index contributed by atoms with van der Waals surface area (Å²) >= 11 is 0. The van der Waals surface area contributed by atoms with Gasteiger partial charge in [-0.15, -0.1) is 0 Å². The Morgan fingerprint density at radius 3 is 2.14 bits per heavy atom. The highest BCUT2D eigenvalue weighted by molar-refractivity contribution is 5.93. The molecule has 0 atom stereocenters. The van der Waals surface area contributed by atoms with Gasteiger partial charge in [-0.2, -0.15) is 13.2 Å². The summed E-state index contributed by atoms with van der Waals surface area (Å²) in [4.78, 5) is 23.0. The Kier molecular flexibility index (Phi) is 5.05. The van der Waals surface area contributed by atoms with Crippen LogP contribution in [0.2, 0.25) is 0 Å². The lowest BCUT2D eigenvalue weighted by Crippen LogP contribution is -2.27. The molecule has 5 nitrogen and oxygen atoms in total. The van der Waals surface area contributed by atoms with Crippen molar-refractivity contribution in [1.82, 2.24) is 0 Å². The number of benzene rings is 1. The van der Waals surface area contributed by atoms with E-state index >= 15 is 0 Å². The lowest BCUT2D eigenvalue weighted by molar-refractivity contribution is -0.137. The number of anilines is 1. The molecule has 0 bridgehead atoms. The summed E-state index contributed by atoms with van der Waals surface area (Å²) < 4.78 is 47.8. The zero-order valence-corrected chi connectivity index (χ0v) is 12.5. The van der Waals surface area contributed by atoms with Crippen molar-refractivity contribution in [1.29, 1.82) is 0 Å². The Balaban J connectivity index is 3.13. The second-order valence-corrected chi connectivity index (χ2v) is 5.42. The van der Waals surface area contributed by atoms with Gasteiger partial charge in [0.25, 0.3) is 0 Å². The number of rotatable bonds is 2. The van der Waals surface area contributed by atoms with Crippen molar-refractivity contribution in [3.8, 4) is 0 Å². The molecule has 0 saturated carbocycles. The third kappa shape index (κ3) is 5.27. The van der Waals surface area contributed by atoms with Crippen LogP contribution in [0.15, 0.2) is 18.2 Å². The van der Waals surface area contributed by atoms with Gasteiger partial charge in [0.15, 0.2) is 0 Å². The SMILES string of the molecule is COC(=O)c1cc(NC(=O)OC(C)(C)C)cc(C(F)(F)F)c1. The molecule has 0 fully saturated rings. The van der Waals surface area contributed by atoms with Crippen molar-refractivity contribution in [3.63, 3.8) is 0 Å². The van der Waals surface area contributed by atoms with Crippen LogP contribution in [0.3, 0.4) is 0 Å². The van der Waals surface area contributed by atoms with Gasteiger partial charge in [-0.25, -0.2) is 9.59 Å². The van der Waals surface area contributed by atoms with Gasteiger partial charge in [0, 0.05) is 5.69 Å². The first-order valence-corrected chi connectivity index (χ1v) is 6.23. The zero-order chi connectivity index (χ0) is 17.1. The molecule has 0 aliphatic rings. The van der Waals surface area contributed by atoms with Gasteiger partial charge in [-0.1, -0.05) is 0 Å². The highest BCUT2D eigenvalue weighted by Crippen LogP contribution is 2.32. The van der Waals surface area contributed by atoms with Crippen LogP contribution in [0.5, 0.6) is 0 Å². The number of methoxy groups -OCH3 is 1. The highest BCUT2D eigenvalue weighted by atomic mass is 19.4. The highest BCUT2D eigenvalue weighted by Gasteiger charge is 2.32. The molecule has 122 valence electrons. The van der Waals surface area contributed by atoms with Crippen molar-refractivity contribution in [2.45, 2.75) is 32.5 Å². The second kappa shape index (κ2) is 6.25. The maximum absolute atomic E-state index is 12.8. The van der Waals surface area contributed by atoms with Gasteiger partial charge in [0.05, 0.1) is 18.2 Å². The maximum Gasteiger partial charge on any atom is 0.416 e. The fourth-order valence-electron chi connectivity index (χ4n) is 1.52. The first-order valence-electron chi connectivity index (χ1n) is 6.23. The van der Waals surface area contributed by atoms with Gasteiger partial charge < -0.3 is 9.47 Å². The molecular weight excluding hydrogens is 303 g/mol. The molecule has 0 heterocycles. The molecule has 22 heavy (non-hydrogen) atoms. The molecule has 1 amide bonds. The number of carbonyl (C=O) groups is 2. The second-order valence-electron chi connectivity index (χ2n) is 5.42. The standard InChI is InChI=1S/C14H16F3NO4/c1-13(2,3)22-12(20)18-10-6-8(11(19)21-4)5-9(7-10)14(15,16)17/h5-7H,1-4H3,(H,18,20). The van der Waals surface area contributed by atoms with E-state index in [1.54, 1.807) is 20.8 Å². The van der Waals surface area contributed by atoms with Crippen molar-refractivity contribution >= 4 is 17.7 Å². The molecule has 0 saturated heterocycles. The van der Waals surface area contributed by atoms with Gasteiger partial charge in [-0.3, -0.25) is 5.32 Å². The number of hydrogen-bond acceptors (Lipinski definition) is 4. The minimum Gasteiger partial charge on any atom is -0.465 e. The molecule has 8 heteroatoms. The Morgan fingerprint density at radius 1 is 1.09 bits per heavy atom. The summed E-state index contributed by atoms with van der Waals surface area (Å²) in [7, 11) is 1.05. The molecule has 0 radical (unpaired) electrons. The van der Waals surface area contributed by atoms with E-state index in [-0.39, 0.29) is 11.3 Å². The number of ether oxygens (including phenoxy) is 2. The molecule has 1 aromatic rings. The van der Waals surface area contributed by atoms with Crippen LogP contribution in [0.1, 0.15) is 36.7 Å². The van der Waals surface area contributed by atoms with E-state index < -0.39 is 29.4 Å². The molecular formula is C14H16F3NO4. The number of amides is 1. The number of carbonyl (C=O) groups excluding carboxylic acids is 2. The van der Waals surface area contributed by atoms with Crippen LogP contribution in [-0.4, -0.2) is 24.8 Å². The van der Waals surface area contributed by atoms with Crippen LogP contribution >= 0.6 is 0 Å². The Labute approximate surface area is 125 Å². The fraction of sp³-hybridized carbons (Fsp3) is 0.429. The van der Waals surface area contributed by atoms with E-state index in [4.69, 9.17) is 4.74 Å². The van der Waals surface area contributed by atoms with Crippen molar-refractivity contribution in [2.24, 2.45) is 0 Å². The number of alkyl halides is 3. The van der Waals surface area contributed by atoms with E-state index in [1.807, 2.05) is 0 Å². The lowest BCUT2D eigenvalue weighted by atomic mass is 10.1. The molecule has 0 spiro atoms. The van der Waals surface area contributed by atoms with Gasteiger partial charge in [0.2, 0.25) is 0 Å². The molecule has 0 aromatic heterocycles. The smallest absolute Gasteiger partial charge is 0.416 e. The molecule has 0 aliphatic heterocycles. The third-order valence-corrected chi connectivity index (χ3v) is 2.33. The van der Waals surface area contributed by atoms with Crippen LogP contribution in [0.4, 0.5) is 23.7 Å². The number of nitrogens with one attached hydrogen (secondary N) is 1. The van der Waals surface area contributed by atoms with Crippen molar-refractivity contribution in [2.75, 3.05) is 12.4 Å². The van der Waals surface area contributed by atoms with Crippen LogP contribution in [0.25, 0.3) is 0 Å². The molecule has 1 N–H and O–H groups in total. The monoisotopic (exact) mass is 319 g/mol. The largest absolute Gasteiger partial charge is 0.465 e. The summed E-state index contributed by atoms with van der Waals surface area (Å²) in [5, 5.41) is 2.16. The van der Waals surface area contributed by atoms with Crippen LogP contribution in [-0.2, 0) is 15.7 Å². The normalized spacial score (nSPS) is 11.8. The molecule has 1 rings (SSSR count). The molecule has 0 aliphatic carbocycles. The first kappa shape index (κ1) is 17.8. The van der Waals surface area contributed by atoms with Crippen molar-refractivity contribution < 1.29 is 32.2 Å². The summed E-state index contributed by atoms with van der Waals surface area (Å²) in [6.07, 6.45) is -5.60. The summed E-state index contributed by atoms with van der Waals surface area (Å²) in [6, 6.07) is 2.42. The maximum atomic E-state index is 12.8. The summed E-state index contributed by atoms with van der Waals surface area (Å²) in [6.45, 7) is 4.83. The quantitative estimate of drug-likeness (QED) is 0.841. The van der Waals surface area contributed by atoms with Crippen molar-refractivity contribution in [3.05, 3.63) is 29.3 Å². The number of halogens is 3. The first-order chi connectivity index (χ1) is 9.92. The average molecular weight is 319 g/mol. The Bertz CT molecular complexity index is 576. The van der Waals surface area contributed by atoms with Crippen LogP contribution in [0, 0.1) is 0 Å². The van der Waals surface area contributed by atoms with Crippen LogP contribution < -0.4 is 5.32 Å². The molecule has 0 unspecified atom stereocenters. The number of esters is 1. The fourth-order valence-corrected chi connectivity index (χ4v) is 1.52. The average Bonchev–Trinajstić information content (AvgIpc) is 2.33. The minimum absolute atomic E-state index is 0.218. The summed E-state index contributed by atoms with van der Waals surface area (Å²) in [5.74, 6) is -0.946. The van der Waals surface area contributed by atoms with Gasteiger partial charge >= 0.3 is 18.2 Å². The predicted octanol–water partition coefficient (Wildman–Crippen LogP) is 3.84. The summed E-state index contributed by atoms with van der Waals surface area (Å²) in [5.41, 5.74) is -2.44. The van der Waals surface area contributed by atoms with E-state index in [1.165, 1.54) is 0 Å². The Morgan fingerprint density at radius 2 is 1.68 bits per heavy atom. The minimum atomic E-state index is -4.67.